The van der Waals surface area contributed by atoms with Gasteiger partial charge in [0.25, 0.3) is 0 Å². The molecule has 0 radical (unpaired) electrons. The topological polar surface area (TPSA) is 84.0 Å². The van der Waals surface area contributed by atoms with Gasteiger partial charge in [0.15, 0.2) is 5.78 Å². The highest BCUT2D eigenvalue weighted by molar-refractivity contribution is 6.15. The first-order chi connectivity index (χ1) is 14.1. The highest BCUT2D eigenvalue weighted by atomic mass is 16.2. The number of para-hydroxylation sites is 2. The van der Waals surface area contributed by atoms with Crippen LogP contribution in [0.25, 0.3) is 21.8 Å². The Bertz CT molecular complexity index is 1360. The van der Waals surface area contributed by atoms with Crippen molar-refractivity contribution >= 4 is 39.4 Å². The summed E-state index contributed by atoms with van der Waals surface area (Å²) in [6.45, 7) is 0.590. The molecule has 2 aliphatic rings. The van der Waals surface area contributed by atoms with E-state index < -0.39 is 11.8 Å². The van der Waals surface area contributed by atoms with Crippen molar-refractivity contribution in [2.75, 3.05) is 0 Å². The Hall–Kier alpha value is -3.67. The fourth-order valence-electron chi connectivity index (χ4n) is 4.97. The van der Waals surface area contributed by atoms with Crippen LogP contribution in [0.15, 0.2) is 54.9 Å². The number of imide groups is 1. The van der Waals surface area contributed by atoms with Crippen LogP contribution in [-0.2, 0) is 16.1 Å². The zero-order valence-corrected chi connectivity index (χ0v) is 15.4. The Morgan fingerprint density at radius 1 is 0.862 bits per heavy atom. The summed E-state index contributed by atoms with van der Waals surface area (Å²) in [6, 6.07) is 13.4. The van der Waals surface area contributed by atoms with E-state index in [1.54, 1.807) is 0 Å². The van der Waals surface area contributed by atoms with E-state index in [1.807, 2.05) is 59.4 Å². The molecule has 1 fully saturated rings. The minimum Gasteiger partial charge on any atom is -0.361 e. The fourth-order valence-corrected chi connectivity index (χ4v) is 4.97. The van der Waals surface area contributed by atoms with Gasteiger partial charge < -0.3 is 9.55 Å². The predicted octanol–water partition coefficient (Wildman–Crippen LogP) is 3.23. The highest BCUT2D eigenvalue weighted by Crippen LogP contribution is 2.44. The molecule has 4 heterocycles. The number of amides is 2. The van der Waals surface area contributed by atoms with Crippen molar-refractivity contribution in [1.29, 1.82) is 0 Å². The Morgan fingerprint density at radius 2 is 1.62 bits per heavy atom. The van der Waals surface area contributed by atoms with Gasteiger partial charge in [-0.3, -0.25) is 19.7 Å². The number of hydrogen-bond acceptors (Lipinski definition) is 3. The van der Waals surface area contributed by atoms with Crippen LogP contribution in [0.2, 0.25) is 0 Å². The predicted molar refractivity (Wildman–Crippen MR) is 108 cm³/mol. The Balaban J connectivity index is 1.59. The first kappa shape index (κ1) is 16.3. The van der Waals surface area contributed by atoms with Crippen LogP contribution in [0.4, 0.5) is 0 Å². The van der Waals surface area contributed by atoms with Crippen molar-refractivity contribution in [3.63, 3.8) is 0 Å². The molecule has 2 N–H and O–H groups in total. The van der Waals surface area contributed by atoms with Crippen molar-refractivity contribution in [1.82, 2.24) is 14.9 Å². The Labute approximate surface area is 165 Å². The summed E-state index contributed by atoms with van der Waals surface area (Å²) < 4.78 is 2.05. The lowest BCUT2D eigenvalue weighted by atomic mass is 9.83. The van der Waals surface area contributed by atoms with Crippen LogP contribution in [0.3, 0.4) is 0 Å². The maximum absolute atomic E-state index is 12.9. The SMILES string of the molecule is O=C1CCn2cc(C3C(=O)NC(=O)[C@H]3c3c[nH]c4ccccc34)c3cccc1c32. The van der Waals surface area contributed by atoms with Gasteiger partial charge in [-0.25, -0.2) is 0 Å². The number of aromatic amines is 1. The van der Waals surface area contributed by atoms with E-state index in [4.69, 9.17) is 0 Å². The number of carbonyl (C=O) groups excluding carboxylic acids is 3. The molecule has 6 rings (SSSR count). The molecule has 6 nitrogen and oxygen atoms in total. The summed E-state index contributed by atoms with van der Waals surface area (Å²) in [5, 5.41) is 4.34. The fraction of sp³-hybridized carbons (Fsp3) is 0.174. The monoisotopic (exact) mass is 383 g/mol. The maximum Gasteiger partial charge on any atom is 0.235 e. The van der Waals surface area contributed by atoms with Crippen molar-refractivity contribution < 1.29 is 14.4 Å². The first-order valence-electron chi connectivity index (χ1n) is 9.69. The van der Waals surface area contributed by atoms with Gasteiger partial charge in [-0.05, 0) is 23.3 Å². The molecule has 4 aromatic rings. The molecule has 2 atom stereocenters. The van der Waals surface area contributed by atoms with Crippen LogP contribution in [0.1, 0.15) is 39.7 Å². The molecule has 0 bridgehead atoms. The number of hydrogen-bond donors (Lipinski definition) is 2. The highest BCUT2D eigenvalue weighted by Gasteiger charge is 2.46. The van der Waals surface area contributed by atoms with Crippen molar-refractivity contribution in [2.45, 2.75) is 24.8 Å². The molecule has 2 amide bonds. The number of nitrogens with zero attached hydrogens (tertiary/aromatic N) is 1. The number of H-pyrrole nitrogens is 1. The number of benzene rings is 2. The molecule has 2 aromatic heterocycles. The number of aryl methyl sites for hydroxylation is 1. The molecule has 0 aliphatic carbocycles. The van der Waals surface area contributed by atoms with Gasteiger partial charge in [-0.2, -0.15) is 0 Å². The molecule has 1 saturated heterocycles. The number of carbonyl (C=O) groups is 3. The lowest BCUT2D eigenvalue weighted by Crippen LogP contribution is -2.21. The number of nitrogens with one attached hydrogen (secondary N) is 2. The van der Waals surface area contributed by atoms with E-state index in [9.17, 15) is 14.4 Å². The number of fused-ring (bicyclic) bond motifs is 1. The molecular formula is C23H17N3O3. The molecule has 0 saturated carbocycles. The average molecular weight is 383 g/mol. The molecule has 0 spiro atoms. The van der Waals surface area contributed by atoms with Gasteiger partial charge >= 0.3 is 0 Å². The van der Waals surface area contributed by atoms with Crippen LogP contribution < -0.4 is 5.32 Å². The molecule has 1 unspecified atom stereocenters. The molecular weight excluding hydrogens is 366 g/mol. The summed E-state index contributed by atoms with van der Waals surface area (Å²) in [7, 11) is 0. The van der Waals surface area contributed by atoms with Crippen molar-refractivity contribution in [3.8, 4) is 0 Å². The number of rotatable bonds is 2. The summed E-state index contributed by atoms with van der Waals surface area (Å²) in [5.74, 6) is -1.70. The molecule has 2 aromatic carbocycles. The summed E-state index contributed by atoms with van der Waals surface area (Å²) in [6.07, 6.45) is 4.22. The van der Waals surface area contributed by atoms with Crippen LogP contribution in [0, 0.1) is 0 Å². The summed E-state index contributed by atoms with van der Waals surface area (Å²) in [4.78, 5) is 41.3. The van der Waals surface area contributed by atoms with Crippen LogP contribution in [-0.4, -0.2) is 27.1 Å². The summed E-state index contributed by atoms with van der Waals surface area (Å²) >= 11 is 0. The third-order valence-corrected chi connectivity index (χ3v) is 6.25. The van der Waals surface area contributed by atoms with Gasteiger partial charge in [-0.1, -0.05) is 30.3 Å². The minimum atomic E-state index is -0.631. The van der Waals surface area contributed by atoms with E-state index in [1.165, 1.54) is 0 Å². The van der Waals surface area contributed by atoms with E-state index in [-0.39, 0.29) is 17.6 Å². The lowest BCUT2D eigenvalue weighted by Gasteiger charge is -2.15. The summed E-state index contributed by atoms with van der Waals surface area (Å²) in [5.41, 5.74) is 4.10. The minimum absolute atomic E-state index is 0.118. The van der Waals surface area contributed by atoms with Gasteiger partial charge in [0.2, 0.25) is 11.8 Å². The number of Topliss-reactive ketones (excluding diaryl/α,β-unsaturated/α-hetero) is 1. The second-order valence-electron chi connectivity index (χ2n) is 7.75. The second kappa shape index (κ2) is 5.67. The third kappa shape index (κ3) is 2.14. The maximum atomic E-state index is 12.9. The van der Waals surface area contributed by atoms with Gasteiger partial charge in [0.05, 0.1) is 17.4 Å². The zero-order chi connectivity index (χ0) is 19.7. The van der Waals surface area contributed by atoms with E-state index in [0.29, 0.717) is 18.5 Å². The first-order valence-corrected chi connectivity index (χ1v) is 9.69. The van der Waals surface area contributed by atoms with E-state index in [0.717, 1.165) is 32.9 Å². The standard InChI is InChI=1S/C23H17N3O3/c27-18-8-9-26-11-16(13-5-3-6-14(18)21(13)26)20-19(22(28)25-23(20)29)15-10-24-17-7-2-1-4-12(15)17/h1-7,10-11,19-20,24H,8-9H2,(H,25,28,29)/t19-,20?/m0/s1. The molecule has 142 valence electrons. The van der Waals surface area contributed by atoms with Gasteiger partial charge in [-0.15, -0.1) is 0 Å². The van der Waals surface area contributed by atoms with E-state index in [2.05, 4.69) is 10.3 Å². The molecule has 29 heavy (non-hydrogen) atoms. The quantitative estimate of drug-likeness (QED) is 0.521. The largest absolute Gasteiger partial charge is 0.361 e. The Morgan fingerprint density at radius 3 is 2.48 bits per heavy atom. The Kier molecular flexibility index (Phi) is 3.19. The van der Waals surface area contributed by atoms with Gasteiger partial charge in [0, 0.05) is 47.2 Å². The number of aromatic nitrogens is 2. The van der Waals surface area contributed by atoms with Crippen molar-refractivity contribution in [2.24, 2.45) is 0 Å². The van der Waals surface area contributed by atoms with Crippen molar-refractivity contribution in [3.05, 3.63) is 71.5 Å². The third-order valence-electron chi connectivity index (χ3n) is 6.25. The van der Waals surface area contributed by atoms with Crippen LogP contribution >= 0.6 is 0 Å². The smallest absolute Gasteiger partial charge is 0.235 e. The zero-order valence-electron chi connectivity index (χ0n) is 15.4. The average Bonchev–Trinajstić information content (AvgIpc) is 3.38. The van der Waals surface area contributed by atoms with Crippen LogP contribution in [0.5, 0.6) is 0 Å². The number of ketones is 1. The lowest BCUT2D eigenvalue weighted by molar-refractivity contribution is -0.125. The van der Waals surface area contributed by atoms with Gasteiger partial charge in [0.1, 0.15) is 0 Å². The van der Waals surface area contributed by atoms with E-state index >= 15 is 0 Å². The molecule has 2 aliphatic heterocycles. The second-order valence-corrected chi connectivity index (χ2v) is 7.75. The normalized spacial score (nSPS) is 21.3. The molecule has 6 heteroatoms.